The molecule has 1 aromatic carbocycles. The van der Waals surface area contributed by atoms with Gasteiger partial charge in [0, 0.05) is 12.2 Å². The first-order chi connectivity index (χ1) is 8.97. The van der Waals surface area contributed by atoms with Gasteiger partial charge in [-0.1, -0.05) is 6.07 Å². The summed E-state index contributed by atoms with van der Waals surface area (Å²) < 4.78 is 0. The first-order valence-electron chi connectivity index (χ1n) is 6.30. The number of aromatic carboxylic acids is 1. The van der Waals surface area contributed by atoms with E-state index in [0.29, 0.717) is 5.69 Å². The predicted molar refractivity (Wildman–Crippen MR) is 72.4 cm³/mol. The van der Waals surface area contributed by atoms with E-state index in [1.54, 1.807) is 6.07 Å². The summed E-state index contributed by atoms with van der Waals surface area (Å²) in [7, 11) is 1.99. The minimum Gasteiger partial charge on any atom is -0.478 e. The average molecular weight is 262 g/mol. The lowest BCUT2D eigenvalue weighted by Gasteiger charge is -2.13. The van der Waals surface area contributed by atoms with E-state index >= 15 is 0 Å². The molecule has 0 radical (unpaired) electrons. The quantitative estimate of drug-likeness (QED) is 0.867. The number of anilines is 1. The molecule has 1 unspecified atom stereocenters. The number of nitrogens with one attached hydrogen (secondary N) is 1. The molecule has 0 aromatic heterocycles. The SMILES string of the molecule is Cc1ccc(C(=O)O)cc1NC(=O)C1CCN(C)C1. The van der Waals surface area contributed by atoms with Gasteiger partial charge in [-0.25, -0.2) is 4.79 Å². The van der Waals surface area contributed by atoms with Crippen LogP contribution in [-0.4, -0.2) is 42.0 Å². The third-order valence-corrected chi connectivity index (χ3v) is 3.50. The molecule has 5 nitrogen and oxygen atoms in total. The van der Waals surface area contributed by atoms with Crippen molar-refractivity contribution in [2.24, 2.45) is 5.92 Å². The lowest BCUT2D eigenvalue weighted by molar-refractivity contribution is -0.119. The van der Waals surface area contributed by atoms with E-state index in [1.807, 2.05) is 14.0 Å². The normalized spacial score (nSPS) is 19.4. The standard InChI is InChI=1S/C14H18N2O3/c1-9-3-4-10(14(18)19)7-12(9)15-13(17)11-5-6-16(2)8-11/h3-4,7,11H,5-6,8H2,1-2H3,(H,15,17)(H,18,19). The Hall–Kier alpha value is -1.88. The highest BCUT2D eigenvalue weighted by molar-refractivity contribution is 5.96. The van der Waals surface area contributed by atoms with Crippen LogP contribution in [0.25, 0.3) is 0 Å². The second kappa shape index (κ2) is 5.40. The van der Waals surface area contributed by atoms with Gasteiger partial charge in [-0.3, -0.25) is 4.79 Å². The second-order valence-corrected chi connectivity index (χ2v) is 5.07. The van der Waals surface area contributed by atoms with Gasteiger partial charge in [-0.2, -0.15) is 0 Å². The van der Waals surface area contributed by atoms with Gasteiger partial charge in [0.2, 0.25) is 5.91 Å². The number of carboxylic acids is 1. The van der Waals surface area contributed by atoms with Crippen LogP contribution in [-0.2, 0) is 4.79 Å². The Balaban J connectivity index is 2.12. The van der Waals surface area contributed by atoms with Crippen molar-refractivity contribution in [1.29, 1.82) is 0 Å². The average Bonchev–Trinajstić information content (AvgIpc) is 2.78. The Labute approximate surface area is 112 Å². The Morgan fingerprint density at radius 2 is 2.16 bits per heavy atom. The van der Waals surface area contributed by atoms with Gasteiger partial charge in [0.15, 0.2) is 0 Å². The molecule has 102 valence electrons. The molecule has 0 saturated carbocycles. The van der Waals surface area contributed by atoms with Gasteiger partial charge in [-0.15, -0.1) is 0 Å². The van der Waals surface area contributed by atoms with E-state index in [1.165, 1.54) is 12.1 Å². The van der Waals surface area contributed by atoms with E-state index in [-0.39, 0.29) is 17.4 Å². The largest absolute Gasteiger partial charge is 0.478 e. The van der Waals surface area contributed by atoms with Crippen LogP contribution in [0.15, 0.2) is 18.2 Å². The molecule has 1 aliphatic rings. The summed E-state index contributed by atoms with van der Waals surface area (Å²) in [5, 5.41) is 11.8. The summed E-state index contributed by atoms with van der Waals surface area (Å²) in [6.07, 6.45) is 0.847. The zero-order valence-electron chi connectivity index (χ0n) is 11.1. The summed E-state index contributed by atoms with van der Waals surface area (Å²) in [4.78, 5) is 25.2. The van der Waals surface area contributed by atoms with E-state index < -0.39 is 5.97 Å². The number of hydrogen-bond donors (Lipinski definition) is 2. The number of aryl methyl sites for hydroxylation is 1. The van der Waals surface area contributed by atoms with Crippen LogP contribution in [0.2, 0.25) is 0 Å². The summed E-state index contributed by atoms with van der Waals surface area (Å²) in [5.74, 6) is -1.04. The van der Waals surface area contributed by atoms with Crippen LogP contribution in [0.5, 0.6) is 0 Å². The van der Waals surface area contributed by atoms with Crippen molar-refractivity contribution < 1.29 is 14.7 Å². The van der Waals surface area contributed by atoms with Crippen molar-refractivity contribution in [2.45, 2.75) is 13.3 Å². The lowest BCUT2D eigenvalue weighted by Crippen LogP contribution is -2.25. The van der Waals surface area contributed by atoms with Gasteiger partial charge >= 0.3 is 5.97 Å². The van der Waals surface area contributed by atoms with Crippen molar-refractivity contribution in [3.63, 3.8) is 0 Å². The fraction of sp³-hybridized carbons (Fsp3) is 0.429. The van der Waals surface area contributed by atoms with Crippen molar-refractivity contribution in [2.75, 3.05) is 25.5 Å². The summed E-state index contributed by atoms with van der Waals surface area (Å²) in [5.41, 5.74) is 1.63. The highest BCUT2D eigenvalue weighted by Gasteiger charge is 2.26. The first kappa shape index (κ1) is 13.5. The maximum Gasteiger partial charge on any atom is 0.335 e. The smallest absolute Gasteiger partial charge is 0.335 e. The number of nitrogens with zero attached hydrogens (tertiary/aromatic N) is 1. The van der Waals surface area contributed by atoms with Gasteiger partial charge < -0.3 is 15.3 Å². The Kier molecular flexibility index (Phi) is 3.85. The maximum absolute atomic E-state index is 12.1. The number of benzene rings is 1. The Morgan fingerprint density at radius 3 is 2.74 bits per heavy atom. The molecule has 0 bridgehead atoms. The molecule has 1 aromatic rings. The molecular formula is C14H18N2O3. The molecule has 1 amide bonds. The molecule has 1 heterocycles. The molecule has 1 saturated heterocycles. The number of likely N-dealkylation sites (tertiary alicyclic amines) is 1. The molecule has 19 heavy (non-hydrogen) atoms. The molecule has 1 fully saturated rings. The van der Waals surface area contributed by atoms with Gasteiger partial charge in [0.1, 0.15) is 0 Å². The van der Waals surface area contributed by atoms with Crippen LogP contribution >= 0.6 is 0 Å². The number of carboxylic acid groups (broad SMARTS) is 1. The summed E-state index contributed by atoms with van der Waals surface area (Å²) >= 11 is 0. The molecule has 0 aliphatic carbocycles. The van der Waals surface area contributed by atoms with Gasteiger partial charge in [0.25, 0.3) is 0 Å². The topological polar surface area (TPSA) is 69.6 Å². The van der Waals surface area contributed by atoms with Gasteiger partial charge in [-0.05, 0) is 44.6 Å². The molecular weight excluding hydrogens is 244 g/mol. The van der Waals surface area contributed by atoms with Crippen LogP contribution in [0.3, 0.4) is 0 Å². The zero-order chi connectivity index (χ0) is 14.0. The third kappa shape index (κ3) is 3.12. The zero-order valence-corrected chi connectivity index (χ0v) is 11.1. The molecule has 5 heteroatoms. The van der Waals surface area contributed by atoms with Crippen LogP contribution < -0.4 is 5.32 Å². The van der Waals surface area contributed by atoms with Crippen LogP contribution in [0.4, 0.5) is 5.69 Å². The predicted octanol–water partition coefficient (Wildman–Crippen LogP) is 1.58. The summed E-state index contributed by atoms with van der Waals surface area (Å²) in [6, 6.07) is 4.75. The van der Waals surface area contributed by atoms with E-state index in [9.17, 15) is 9.59 Å². The Bertz CT molecular complexity index is 513. The fourth-order valence-electron chi connectivity index (χ4n) is 2.27. The van der Waals surface area contributed by atoms with Crippen molar-refractivity contribution in [1.82, 2.24) is 4.90 Å². The van der Waals surface area contributed by atoms with Crippen LogP contribution in [0, 0.1) is 12.8 Å². The van der Waals surface area contributed by atoms with Crippen molar-refractivity contribution in [3.8, 4) is 0 Å². The van der Waals surface area contributed by atoms with E-state index in [4.69, 9.17) is 5.11 Å². The van der Waals surface area contributed by atoms with E-state index in [0.717, 1.165) is 25.1 Å². The Morgan fingerprint density at radius 1 is 1.42 bits per heavy atom. The molecule has 1 atom stereocenters. The second-order valence-electron chi connectivity index (χ2n) is 5.07. The number of rotatable bonds is 3. The minimum atomic E-state index is -0.990. The van der Waals surface area contributed by atoms with Crippen LogP contribution in [0.1, 0.15) is 22.3 Å². The molecule has 1 aliphatic heterocycles. The van der Waals surface area contributed by atoms with Crippen molar-refractivity contribution in [3.05, 3.63) is 29.3 Å². The number of carbonyl (C=O) groups is 2. The van der Waals surface area contributed by atoms with Crippen molar-refractivity contribution >= 4 is 17.6 Å². The monoisotopic (exact) mass is 262 g/mol. The maximum atomic E-state index is 12.1. The van der Waals surface area contributed by atoms with Gasteiger partial charge in [0.05, 0.1) is 11.5 Å². The lowest BCUT2D eigenvalue weighted by atomic mass is 10.1. The molecule has 2 rings (SSSR count). The summed E-state index contributed by atoms with van der Waals surface area (Å²) in [6.45, 7) is 3.53. The number of carbonyl (C=O) groups excluding carboxylic acids is 1. The van der Waals surface area contributed by atoms with E-state index in [2.05, 4.69) is 10.2 Å². The number of hydrogen-bond acceptors (Lipinski definition) is 3. The first-order valence-corrected chi connectivity index (χ1v) is 6.30. The molecule has 0 spiro atoms. The minimum absolute atomic E-state index is 0.0158. The third-order valence-electron chi connectivity index (χ3n) is 3.50. The highest BCUT2D eigenvalue weighted by atomic mass is 16.4. The molecule has 2 N–H and O–H groups in total. The highest BCUT2D eigenvalue weighted by Crippen LogP contribution is 2.21. The number of amides is 1. The fourth-order valence-corrected chi connectivity index (χ4v) is 2.27.